The minimum Gasteiger partial charge on any atom is -0.486 e. The molecule has 0 atom stereocenters. The third kappa shape index (κ3) is 3.45. The molecule has 4 rings (SSSR count). The van der Waals surface area contributed by atoms with Crippen molar-refractivity contribution in [3.05, 3.63) is 44.8 Å². The zero-order chi connectivity index (χ0) is 19.0. The van der Waals surface area contributed by atoms with Crippen LogP contribution in [0.5, 0.6) is 11.5 Å². The molecule has 3 heterocycles. The summed E-state index contributed by atoms with van der Waals surface area (Å²) in [7, 11) is 1.62. The summed E-state index contributed by atoms with van der Waals surface area (Å²) >= 11 is 3.37. The van der Waals surface area contributed by atoms with E-state index in [-0.39, 0.29) is 17.3 Å². The highest BCUT2D eigenvalue weighted by atomic mass is 79.9. The van der Waals surface area contributed by atoms with Gasteiger partial charge in [0.25, 0.3) is 5.56 Å². The lowest BCUT2D eigenvalue weighted by atomic mass is 9.88. The number of piperidine rings is 1. The summed E-state index contributed by atoms with van der Waals surface area (Å²) in [6.45, 7) is 2.44. The predicted molar refractivity (Wildman–Crippen MR) is 104 cm³/mol. The molecule has 8 heteroatoms. The van der Waals surface area contributed by atoms with Crippen LogP contribution in [-0.2, 0) is 7.05 Å². The number of benzene rings is 1. The third-order valence-corrected chi connectivity index (χ3v) is 5.84. The first-order chi connectivity index (χ1) is 13.0. The summed E-state index contributed by atoms with van der Waals surface area (Å²) in [6.07, 6.45) is 3.15. The van der Waals surface area contributed by atoms with E-state index in [0.717, 1.165) is 18.5 Å². The normalized spacial score (nSPS) is 17.0. The van der Waals surface area contributed by atoms with Gasteiger partial charge in [-0.15, -0.1) is 0 Å². The molecule has 0 aliphatic carbocycles. The topological polar surface area (TPSA) is 73.7 Å². The molecule has 142 valence electrons. The van der Waals surface area contributed by atoms with Crippen LogP contribution >= 0.6 is 15.9 Å². The Morgan fingerprint density at radius 3 is 2.63 bits per heavy atom. The first kappa shape index (κ1) is 18.0. The molecule has 1 aromatic carbocycles. The largest absolute Gasteiger partial charge is 0.486 e. The zero-order valence-corrected chi connectivity index (χ0v) is 16.6. The maximum absolute atomic E-state index is 12.9. The van der Waals surface area contributed by atoms with Gasteiger partial charge in [-0.2, -0.15) is 5.10 Å². The maximum atomic E-state index is 12.9. The second kappa shape index (κ2) is 7.34. The molecule has 0 bridgehead atoms. The lowest BCUT2D eigenvalue weighted by Gasteiger charge is -2.33. The van der Waals surface area contributed by atoms with Crippen LogP contribution in [0.4, 0.5) is 5.69 Å². The van der Waals surface area contributed by atoms with Crippen molar-refractivity contribution in [2.24, 2.45) is 13.0 Å². The van der Waals surface area contributed by atoms with Crippen molar-refractivity contribution in [1.82, 2.24) is 9.78 Å². The Balaban J connectivity index is 1.45. The lowest BCUT2D eigenvalue weighted by molar-refractivity contribution is 0.0899. The van der Waals surface area contributed by atoms with Gasteiger partial charge < -0.3 is 14.4 Å². The van der Waals surface area contributed by atoms with Crippen LogP contribution in [0.3, 0.4) is 0 Å². The van der Waals surface area contributed by atoms with Crippen molar-refractivity contribution in [3.63, 3.8) is 0 Å². The number of fused-ring (bicyclic) bond motifs is 1. The Kier molecular flexibility index (Phi) is 4.90. The van der Waals surface area contributed by atoms with E-state index in [1.165, 1.54) is 4.68 Å². The standard InChI is InChI=1S/C19H20BrN3O4/c1-22-19(25)17(20)14(11-21-22)23-6-4-12(5-7-23)18(24)13-2-3-15-16(10-13)27-9-8-26-15/h2-3,10-12H,4-9H2,1H3. The number of anilines is 1. The molecule has 27 heavy (non-hydrogen) atoms. The Labute approximate surface area is 165 Å². The number of carbonyl (C=O) groups is 1. The first-order valence-corrected chi connectivity index (χ1v) is 9.74. The van der Waals surface area contributed by atoms with Gasteiger partial charge >= 0.3 is 0 Å². The van der Waals surface area contributed by atoms with Gasteiger partial charge in [0.05, 0.1) is 11.9 Å². The summed E-state index contributed by atoms with van der Waals surface area (Å²) in [5.74, 6) is 1.42. The molecule has 2 aliphatic heterocycles. The lowest BCUT2D eigenvalue weighted by Crippen LogP contribution is -2.38. The Bertz CT molecular complexity index is 935. The molecule has 2 aromatic rings. The number of hydrogen-bond donors (Lipinski definition) is 0. The predicted octanol–water partition coefficient (Wildman–Crippen LogP) is 2.41. The van der Waals surface area contributed by atoms with Gasteiger partial charge in [-0.1, -0.05) is 0 Å². The van der Waals surface area contributed by atoms with Crippen molar-refractivity contribution in [2.75, 3.05) is 31.2 Å². The number of rotatable bonds is 3. The number of hydrogen-bond acceptors (Lipinski definition) is 6. The van der Waals surface area contributed by atoms with Gasteiger partial charge in [0.15, 0.2) is 17.3 Å². The SMILES string of the molecule is Cn1ncc(N2CCC(C(=O)c3ccc4c(c3)OCCO4)CC2)c(Br)c1=O. The van der Waals surface area contributed by atoms with Crippen molar-refractivity contribution < 1.29 is 14.3 Å². The molecule has 1 fully saturated rings. The third-order valence-electron chi connectivity index (χ3n) is 5.09. The van der Waals surface area contributed by atoms with Crippen LogP contribution in [0.2, 0.25) is 0 Å². The van der Waals surface area contributed by atoms with Crippen molar-refractivity contribution in [2.45, 2.75) is 12.8 Å². The molecule has 1 aromatic heterocycles. The van der Waals surface area contributed by atoms with Crippen LogP contribution in [0, 0.1) is 5.92 Å². The Hall–Kier alpha value is -2.35. The van der Waals surface area contributed by atoms with E-state index in [1.54, 1.807) is 25.4 Å². The molecule has 0 N–H and O–H groups in total. The number of aryl methyl sites for hydroxylation is 1. The van der Waals surface area contributed by atoms with Crippen molar-refractivity contribution >= 4 is 27.4 Å². The van der Waals surface area contributed by atoms with E-state index < -0.39 is 0 Å². The first-order valence-electron chi connectivity index (χ1n) is 8.95. The molecule has 0 amide bonds. The number of Topliss-reactive ketones (excluding diaryl/α,β-unsaturated/α-hetero) is 1. The van der Waals surface area contributed by atoms with Crippen molar-refractivity contribution in [3.8, 4) is 11.5 Å². The molecule has 0 saturated carbocycles. The van der Waals surface area contributed by atoms with Crippen LogP contribution in [0.15, 0.2) is 33.7 Å². The van der Waals surface area contributed by atoms with Crippen LogP contribution in [0.25, 0.3) is 0 Å². The smallest absolute Gasteiger partial charge is 0.282 e. The summed E-state index contributed by atoms with van der Waals surface area (Å²) in [6, 6.07) is 5.40. The van der Waals surface area contributed by atoms with Crippen LogP contribution in [0.1, 0.15) is 23.2 Å². The van der Waals surface area contributed by atoms with Gasteiger partial charge in [-0.3, -0.25) is 9.59 Å². The number of nitrogens with zero attached hydrogens (tertiary/aromatic N) is 3. The van der Waals surface area contributed by atoms with E-state index in [4.69, 9.17) is 9.47 Å². The van der Waals surface area contributed by atoms with E-state index in [9.17, 15) is 9.59 Å². The van der Waals surface area contributed by atoms with Crippen LogP contribution in [-0.4, -0.2) is 41.9 Å². The summed E-state index contributed by atoms with van der Waals surface area (Å²) in [5, 5.41) is 4.10. The van der Waals surface area contributed by atoms with E-state index in [2.05, 4.69) is 25.9 Å². The number of halogens is 1. The summed E-state index contributed by atoms with van der Waals surface area (Å²) in [4.78, 5) is 27.1. The molecule has 7 nitrogen and oxygen atoms in total. The van der Waals surface area contributed by atoms with E-state index in [1.807, 2.05) is 6.07 Å². The average Bonchev–Trinajstić information content (AvgIpc) is 2.71. The minimum absolute atomic E-state index is 0.0397. The monoisotopic (exact) mass is 433 g/mol. The minimum atomic E-state index is -0.165. The highest BCUT2D eigenvalue weighted by Crippen LogP contribution is 2.33. The van der Waals surface area contributed by atoms with Gasteiger partial charge in [-0.25, -0.2) is 4.68 Å². The van der Waals surface area contributed by atoms with Gasteiger partial charge in [-0.05, 0) is 47.0 Å². The molecule has 0 spiro atoms. The number of aromatic nitrogens is 2. The van der Waals surface area contributed by atoms with E-state index in [0.29, 0.717) is 47.8 Å². The highest BCUT2D eigenvalue weighted by molar-refractivity contribution is 9.10. The second-order valence-corrected chi connectivity index (χ2v) is 7.55. The van der Waals surface area contributed by atoms with E-state index >= 15 is 0 Å². The number of ether oxygens (including phenoxy) is 2. The highest BCUT2D eigenvalue weighted by Gasteiger charge is 2.28. The maximum Gasteiger partial charge on any atom is 0.282 e. The summed E-state index contributed by atoms with van der Waals surface area (Å²) < 4.78 is 12.9. The second-order valence-electron chi connectivity index (χ2n) is 6.76. The average molecular weight is 434 g/mol. The molecule has 0 radical (unpaired) electrons. The molecular weight excluding hydrogens is 414 g/mol. The van der Waals surface area contributed by atoms with Gasteiger partial charge in [0.2, 0.25) is 0 Å². The fraction of sp³-hybridized carbons (Fsp3) is 0.421. The molecule has 2 aliphatic rings. The number of carbonyl (C=O) groups excluding carboxylic acids is 1. The molecular formula is C19H20BrN3O4. The van der Waals surface area contributed by atoms with Gasteiger partial charge in [0, 0.05) is 31.6 Å². The Morgan fingerprint density at radius 2 is 1.89 bits per heavy atom. The molecule has 0 unspecified atom stereocenters. The van der Waals surface area contributed by atoms with Crippen molar-refractivity contribution in [1.29, 1.82) is 0 Å². The fourth-order valence-corrected chi connectivity index (χ4v) is 4.15. The Morgan fingerprint density at radius 1 is 1.19 bits per heavy atom. The number of ketones is 1. The molecule has 1 saturated heterocycles. The summed E-state index contributed by atoms with van der Waals surface area (Å²) in [5.41, 5.74) is 1.28. The van der Waals surface area contributed by atoms with Gasteiger partial charge in [0.1, 0.15) is 17.7 Å². The quantitative estimate of drug-likeness (QED) is 0.691. The van der Waals surface area contributed by atoms with Crippen LogP contribution < -0.4 is 19.9 Å². The fourth-order valence-electron chi connectivity index (χ4n) is 3.54. The zero-order valence-electron chi connectivity index (χ0n) is 15.0.